The molecule has 2 heterocycles. The molecule has 0 aliphatic carbocycles. The lowest BCUT2D eigenvalue weighted by molar-refractivity contribution is 0.0951. The lowest BCUT2D eigenvalue weighted by Gasteiger charge is -2.12. The maximum absolute atomic E-state index is 12.8. The number of benzene rings is 2. The first kappa shape index (κ1) is 22.2. The van der Waals surface area contributed by atoms with E-state index in [0.29, 0.717) is 42.5 Å². The molecule has 4 rings (SSSR count). The van der Waals surface area contributed by atoms with Crippen LogP contribution in [-0.4, -0.2) is 27.5 Å². The molecule has 0 saturated heterocycles. The number of nitrogens with one attached hydrogen (secondary N) is 2. The van der Waals surface area contributed by atoms with E-state index in [1.54, 1.807) is 41.7 Å². The van der Waals surface area contributed by atoms with Crippen LogP contribution in [-0.2, 0) is 23.0 Å². The summed E-state index contributed by atoms with van der Waals surface area (Å²) in [7, 11) is -3.82. The lowest BCUT2D eigenvalue weighted by Crippen LogP contribution is -2.22. The van der Waals surface area contributed by atoms with Crippen molar-refractivity contribution in [3.05, 3.63) is 69.9 Å². The maximum atomic E-state index is 12.8. The molecule has 32 heavy (non-hydrogen) atoms. The average Bonchev–Trinajstić information content (AvgIpc) is 3.13. The molecular formula is C23H24N2O5S2. The lowest BCUT2D eigenvalue weighted by atomic mass is 10.2. The van der Waals surface area contributed by atoms with Gasteiger partial charge in [-0.2, -0.15) is 0 Å². The molecule has 9 heteroatoms. The Kier molecular flexibility index (Phi) is 6.66. The van der Waals surface area contributed by atoms with E-state index < -0.39 is 10.0 Å². The fourth-order valence-electron chi connectivity index (χ4n) is 3.19. The Morgan fingerprint density at radius 1 is 0.969 bits per heavy atom. The number of sulfonamides is 1. The first-order valence-electron chi connectivity index (χ1n) is 10.3. The van der Waals surface area contributed by atoms with E-state index in [-0.39, 0.29) is 10.8 Å². The minimum atomic E-state index is -3.82. The zero-order valence-electron chi connectivity index (χ0n) is 17.6. The highest BCUT2D eigenvalue weighted by Crippen LogP contribution is 2.32. The van der Waals surface area contributed by atoms with Crippen molar-refractivity contribution in [3.63, 3.8) is 0 Å². The zero-order chi connectivity index (χ0) is 22.6. The van der Waals surface area contributed by atoms with Crippen LogP contribution in [0.1, 0.15) is 33.5 Å². The Morgan fingerprint density at radius 3 is 2.41 bits per heavy atom. The molecule has 1 amide bonds. The van der Waals surface area contributed by atoms with Crippen molar-refractivity contribution in [2.45, 2.75) is 31.2 Å². The van der Waals surface area contributed by atoms with E-state index >= 15 is 0 Å². The molecule has 0 saturated carbocycles. The molecule has 1 aromatic heterocycles. The third kappa shape index (κ3) is 5.23. The van der Waals surface area contributed by atoms with E-state index in [0.717, 1.165) is 17.7 Å². The fraction of sp³-hybridized carbons (Fsp3) is 0.261. The standard InChI is InChI=1S/C23H24N2O5S2/c1-2-18-8-9-19(31-18)15-24-23(26)16-4-6-17(7-5-16)25-32(27,28)20-10-11-21-22(14-20)30-13-3-12-29-21/h4-11,14,25H,2-3,12-13,15H2,1H3,(H,24,26). The van der Waals surface area contributed by atoms with Gasteiger partial charge in [-0.1, -0.05) is 6.92 Å². The highest BCUT2D eigenvalue weighted by Gasteiger charge is 2.19. The van der Waals surface area contributed by atoms with Gasteiger partial charge in [0.1, 0.15) is 0 Å². The summed E-state index contributed by atoms with van der Waals surface area (Å²) < 4.78 is 39.2. The van der Waals surface area contributed by atoms with Crippen LogP contribution in [0.2, 0.25) is 0 Å². The first-order chi connectivity index (χ1) is 15.4. The Labute approximate surface area is 191 Å². The number of carbonyl (C=O) groups excluding carboxylic acids is 1. The van der Waals surface area contributed by atoms with Gasteiger partial charge >= 0.3 is 0 Å². The van der Waals surface area contributed by atoms with Crippen LogP contribution in [0.4, 0.5) is 5.69 Å². The molecule has 0 bridgehead atoms. The number of aryl methyl sites for hydroxylation is 1. The van der Waals surface area contributed by atoms with Crippen molar-refractivity contribution in [1.82, 2.24) is 5.32 Å². The maximum Gasteiger partial charge on any atom is 0.262 e. The normalized spacial score (nSPS) is 13.3. The molecule has 168 valence electrons. The van der Waals surface area contributed by atoms with E-state index in [1.165, 1.54) is 17.0 Å². The Morgan fingerprint density at radius 2 is 1.69 bits per heavy atom. The smallest absolute Gasteiger partial charge is 0.262 e. The van der Waals surface area contributed by atoms with Gasteiger partial charge in [-0.15, -0.1) is 11.3 Å². The third-order valence-corrected chi connectivity index (χ3v) is 7.53. The van der Waals surface area contributed by atoms with Crippen molar-refractivity contribution in [2.24, 2.45) is 0 Å². The summed E-state index contributed by atoms with van der Waals surface area (Å²) >= 11 is 1.68. The minimum Gasteiger partial charge on any atom is -0.490 e. The molecule has 3 aromatic rings. The summed E-state index contributed by atoms with van der Waals surface area (Å²) in [6.07, 6.45) is 1.71. The summed E-state index contributed by atoms with van der Waals surface area (Å²) in [5, 5.41) is 2.89. The predicted octanol–water partition coefficient (Wildman–Crippen LogP) is 4.20. The minimum absolute atomic E-state index is 0.0750. The van der Waals surface area contributed by atoms with Crippen LogP contribution >= 0.6 is 11.3 Å². The number of carbonyl (C=O) groups is 1. The first-order valence-corrected chi connectivity index (χ1v) is 12.6. The number of ether oxygens (including phenoxy) is 2. The van der Waals surface area contributed by atoms with Gasteiger partial charge in [0.05, 0.1) is 24.7 Å². The van der Waals surface area contributed by atoms with Crippen molar-refractivity contribution in [2.75, 3.05) is 17.9 Å². The molecule has 0 fully saturated rings. The van der Waals surface area contributed by atoms with Crippen molar-refractivity contribution >= 4 is 33.0 Å². The quantitative estimate of drug-likeness (QED) is 0.538. The molecule has 7 nitrogen and oxygen atoms in total. The molecule has 2 aromatic carbocycles. The number of amides is 1. The van der Waals surface area contributed by atoms with Gasteiger partial charge in [-0.05, 0) is 55.0 Å². The molecule has 0 atom stereocenters. The van der Waals surface area contributed by atoms with Gasteiger partial charge in [-0.25, -0.2) is 8.42 Å². The Hall–Kier alpha value is -3.04. The van der Waals surface area contributed by atoms with E-state index in [2.05, 4.69) is 23.0 Å². The van der Waals surface area contributed by atoms with Crippen molar-refractivity contribution in [3.8, 4) is 11.5 Å². The van der Waals surface area contributed by atoms with Crippen LogP contribution in [0.15, 0.2) is 59.5 Å². The molecule has 0 unspecified atom stereocenters. The summed E-state index contributed by atoms with van der Waals surface area (Å²) in [6.45, 7) is 3.56. The van der Waals surface area contributed by atoms with E-state index in [1.807, 2.05) is 6.07 Å². The molecule has 0 radical (unpaired) electrons. The summed E-state index contributed by atoms with van der Waals surface area (Å²) in [6, 6.07) is 14.9. The number of thiophene rings is 1. The average molecular weight is 473 g/mol. The summed E-state index contributed by atoms with van der Waals surface area (Å²) in [5.74, 6) is 0.730. The second-order valence-electron chi connectivity index (χ2n) is 7.25. The monoisotopic (exact) mass is 472 g/mol. The van der Waals surface area contributed by atoms with Gasteiger partial charge < -0.3 is 14.8 Å². The van der Waals surface area contributed by atoms with Crippen LogP contribution in [0, 0.1) is 0 Å². The van der Waals surface area contributed by atoms with Crippen molar-refractivity contribution < 1.29 is 22.7 Å². The fourth-order valence-corrected chi connectivity index (χ4v) is 5.16. The number of rotatable bonds is 7. The van der Waals surface area contributed by atoms with E-state index in [9.17, 15) is 13.2 Å². The highest BCUT2D eigenvalue weighted by atomic mass is 32.2. The van der Waals surface area contributed by atoms with Crippen LogP contribution in [0.25, 0.3) is 0 Å². The van der Waals surface area contributed by atoms with Crippen molar-refractivity contribution in [1.29, 1.82) is 0 Å². The number of hydrogen-bond acceptors (Lipinski definition) is 6. The van der Waals surface area contributed by atoms with Crippen LogP contribution in [0.5, 0.6) is 11.5 Å². The topological polar surface area (TPSA) is 93.7 Å². The number of anilines is 1. The van der Waals surface area contributed by atoms with Gasteiger partial charge in [0.25, 0.3) is 15.9 Å². The van der Waals surface area contributed by atoms with Gasteiger partial charge in [0, 0.05) is 33.5 Å². The molecule has 0 spiro atoms. The third-order valence-electron chi connectivity index (χ3n) is 4.92. The molecular weight excluding hydrogens is 448 g/mol. The molecule has 1 aliphatic heterocycles. The highest BCUT2D eigenvalue weighted by molar-refractivity contribution is 7.92. The second kappa shape index (κ2) is 9.62. The van der Waals surface area contributed by atoms with Gasteiger partial charge in [0.15, 0.2) is 11.5 Å². The predicted molar refractivity (Wildman–Crippen MR) is 124 cm³/mol. The molecule has 1 aliphatic rings. The van der Waals surface area contributed by atoms with E-state index in [4.69, 9.17) is 9.47 Å². The van der Waals surface area contributed by atoms with Crippen LogP contribution in [0.3, 0.4) is 0 Å². The number of fused-ring (bicyclic) bond motifs is 1. The van der Waals surface area contributed by atoms with Gasteiger partial charge in [-0.3, -0.25) is 9.52 Å². The zero-order valence-corrected chi connectivity index (χ0v) is 19.2. The second-order valence-corrected chi connectivity index (χ2v) is 10.2. The summed E-state index contributed by atoms with van der Waals surface area (Å²) in [4.78, 5) is 14.9. The van der Waals surface area contributed by atoms with Gasteiger partial charge in [0.2, 0.25) is 0 Å². The SMILES string of the molecule is CCc1ccc(CNC(=O)c2ccc(NS(=O)(=O)c3ccc4c(c3)OCCCO4)cc2)s1. The van der Waals surface area contributed by atoms with Crippen LogP contribution < -0.4 is 19.5 Å². The molecule has 2 N–H and O–H groups in total. The largest absolute Gasteiger partial charge is 0.490 e. The Bertz CT molecular complexity index is 1200. The Balaban J connectivity index is 1.40. The summed E-state index contributed by atoms with van der Waals surface area (Å²) in [5.41, 5.74) is 0.815. The number of hydrogen-bond donors (Lipinski definition) is 2.